The Bertz CT molecular complexity index is 170. The fourth-order valence-corrected chi connectivity index (χ4v) is 1.43. The first-order valence-electron chi connectivity index (χ1n) is 4.55. The minimum atomic E-state index is 1.15. The van der Waals surface area contributed by atoms with Gasteiger partial charge >= 0.3 is 0 Å². The molecule has 1 aromatic rings. The fraction of sp³-hybridized carbons (Fsp3) is 0.455. The molecule has 0 aliphatic heterocycles. The molecule has 0 saturated heterocycles. The van der Waals surface area contributed by atoms with Gasteiger partial charge in [-0.25, -0.2) is 0 Å². The summed E-state index contributed by atoms with van der Waals surface area (Å²) < 4.78 is 0. The molecule has 1 rings (SSSR count). The lowest BCUT2D eigenvalue weighted by Crippen LogP contribution is -1.77. The summed E-state index contributed by atoms with van der Waals surface area (Å²) in [6, 6.07) is 10.6. The van der Waals surface area contributed by atoms with E-state index < -0.39 is 0 Å². The van der Waals surface area contributed by atoms with Crippen LogP contribution in [-0.2, 0) is 5.75 Å². The maximum absolute atomic E-state index is 2.19. The van der Waals surface area contributed by atoms with Gasteiger partial charge in [-0.05, 0) is 11.3 Å². The third kappa shape index (κ3) is 5.25. The smallest absolute Gasteiger partial charge is 0.0184 e. The topological polar surface area (TPSA) is 0 Å². The van der Waals surface area contributed by atoms with Gasteiger partial charge in [-0.3, -0.25) is 0 Å². The van der Waals surface area contributed by atoms with Gasteiger partial charge in [0.25, 0.3) is 0 Å². The minimum absolute atomic E-state index is 1.15. The highest BCUT2D eigenvalue weighted by Crippen LogP contribution is 2.09. The fourth-order valence-electron chi connectivity index (χ4n) is 0.794. The van der Waals surface area contributed by atoms with Crippen LogP contribution in [0.4, 0.5) is 0 Å². The van der Waals surface area contributed by atoms with Crippen LogP contribution in [-0.4, -0.2) is 5.75 Å². The normalized spacial score (nSPS) is 8.58. The molecule has 0 fully saturated rings. The Hall–Kier alpha value is -0.430. The largest absolute Gasteiger partial charge is 0.157 e. The standard InChI is InChI=1S/C9H12S.C2H6/c1-2-10-8-9-6-4-3-5-7-9;1-2/h3-7H,2,8H2,1H3;1-2H3. The van der Waals surface area contributed by atoms with Crippen LogP contribution in [0, 0.1) is 0 Å². The molecule has 1 heteroatoms. The maximum atomic E-state index is 2.19. The van der Waals surface area contributed by atoms with E-state index in [0.717, 1.165) is 5.75 Å². The van der Waals surface area contributed by atoms with Crippen molar-refractivity contribution in [2.24, 2.45) is 0 Å². The lowest BCUT2D eigenvalue weighted by atomic mass is 10.2. The van der Waals surface area contributed by atoms with Gasteiger partial charge in [-0.1, -0.05) is 51.1 Å². The van der Waals surface area contributed by atoms with Crippen molar-refractivity contribution < 1.29 is 0 Å². The molecule has 0 bridgehead atoms. The molecule has 1 aromatic carbocycles. The van der Waals surface area contributed by atoms with Crippen molar-refractivity contribution in [3.8, 4) is 0 Å². The summed E-state index contributed by atoms with van der Waals surface area (Å²) in [4.78, 5) is 0. The summed E-state index contributed by atoms with van der Waals surface area (Å²) in [5, 5.41) is 0. The Morgan fingerprint density at radius 1 is 1.08 bits per heavy atom. The number of hydrogen-bond donors (Lipinski definition) is 0. The molecule has 0 aromatic heterocycles. The van der Waals surface area contributed by atoms with Gasteiger partial charge < -0.3 is 0 Å². The predicted molar refractivity (Wildman–Crippen MR) is 59.6 cm³/mol. The highest BCUT2D eigenvalue weighted by molar-refractivity contribution is 7.98. The van der Waals surface area contributed by atoms with Gasteiger partial charge in [0.15, 0.2) is 0 Å². The van der Waals surface area contributed by atoms with Crippen LogP contribution in [0.15, 0.2) is 30.3 Å². The van der Waals surface area contributed by atoms with E-state index in [0.29, 0.717) is 0 Å². The second kappa shape index (κ2) is 8.66. The zero-order valence-corrected chi connectivity index (χ0v) is 9.03. The van der Waals surface area contributed by atoms with E-state index in [9.17, 15) is 0 Å². The molecular weight excluding hydrogens is 164 g/mol. The first-order valence-corrected chi connectivity index (χ1v) is 5.70. The van der Waals surface area contributed by atoms with Crippen LogP contribution >= 0.6 is 11.8 Å². The molecule has 0 saturated carbocycles. The number of thioether (sulfide) groups is 1. The molecule has 0 N–H and O–H groups in total. The third-order valence-corrected chi connectivity index (χ3v) is 2.26. The maximum Gasteiger partial charge on any atom is 0.0184 e. The molecule has 0 radical (unpaired) electrons. The molecule has 0 aliphatic rings. The van der Waals surface area contributed by atoms with Gasteiger partial charge in [0.2, 0.25) is 0 Å². The molecule has 0 amide bonds. The average molecular weight is 182 g/mol. The molecule has 68 valence electrons. The SMILES string of the molecule is CC.CCSCc1ccccc1. The summed E-state index contributed by atoms with van der Waals surface area (Å²) in [6.07, 6.45) is 0. The minimum Gasteiger partial charge on any atom is -0.157 e. The van der Waals surface area contributed by atoms with Crippen LogP contribution in [0.2, 0.25) is 0 Å². The second-order valence-corrected chi connectivity index (χ2v) is 3.40. The lowest BCUT2D eigenvalue weighted by molar-refractivity contribution is 1.40. The van der Waals surface area contributed by atoms with Crippen molar-refractivity contribution >= 4 is 11.8 Å². The summed E-state index contributed by atoms with van der Waals surface area (Å²) in [6.45, 7) is 6.19. The molecule has 0 nitrogen and oxygen atoms in total. The number of hydrogen-bond acceptors (Lipinski definition) is 1. The Morgan fingerprint density at radius 3 is 2.17 bits per heavy atom. The Labute approximate surface area is 80.4 Å². The van der Waals surface area contributed by atoms with Crippen molar-refractivity contribution in [1.82, 2.24) is 0 Å². The first kappa shape index (κ1) is 11.6. The zero-order chi connectivity index (χ0) is 9.23. The van der Waals surface area contributed by atoms with Crippen LogP contribution in [0.25, 0.3) is 0 Å². The van der Waals surface area contributed by atoms with E-state index in [1.54, 1.807) is 0 Å². The van der Waals surface area contributed by atoms with Gasteiger partial charge in [0, 0.05) is 5.75 Å². The van der Waals surface area contributed by atoms with Crippen molar-refractivity contribution in [1.29, 1.82) is 0 Å². The van der Waals surface area contributed by atoms with Crippen LogP contribution in [0.3, 0.4) is 0 Å². The molecule has 0 heterocycles. The monoisotopic (exact) mass is 182 g/mol. The number of benzene rings is 1. The molecule has 12 heavy (non-hydrogen) atoms. The van der Waals surface area contributed by atoms with Crippen LogP contribution in [0.1, 0.15) is 26.3 Å². The van der Waals surface area contributed by atoms with Gasteiger partial charge in [0.1, 0.15) is 0 Å². The summed E-state index contributed by atoms with van der Waals surface area (Å²) in [7, 11) is 0. The third-order valence-electron chi connectivity index (χ3n) is 1.32. The molecule has 0 spiro atoms. The van der Waals surface area contributed by atoms with Crippen molar-refractivity contribution in [3.63, 3.8) is 0 Å². The molecule has 0 aliphatic carbocycles. The molecular formula is C11H18S. The van der Waals surface area contributed by atoms with Crippen molar-refractivity contribution in [2.45, 2.75) is 26.5 Å². The lowest BCUT2D eigenvalue weighted by Gasteiger charge is -1.96. The first-order chi connectivity index (χ1) is 5.93. The van der Waals surface area contributed by atoms with Crippen LogP contribution < -0.4 is 0 Å². The van der Waals surface area contributed by atoms with E-state index in [1.165, 1.54) is 11.3 Å². The Morgan fingerprint density at radius 2 is 1.67 bits per heavy atom. The quantitative estimate of drug-likeness (QED) is 0.681. The van der Waals surface area contributed by atoms with Crippen LogP contribution in [0.5, 0.6) is 0 Å². The van der Waals surface area contributed by atoms with E-state index in [1.807, 2.05) is 25.6 Å². The summed E-state index contributed by atoms with van der Waals surface area (Å²) >= 11 is 1.96. The van der Waals surface area contributed by atoms with Gasteiger partial charge in [-0.2, -0.15) is 11.8 Å². The average Bonchev–Trinajstić information content (AvgIpc) is 2.19. The number of rotatable bonds is 3. The summed E-state index contributed by atoms with van der Waals surface area (Å²) in [5.74, 6) is 2.35. The van der Waals surface area contributed by atoms with Crippen molar-refractivity contribution in [2.75, 3.05) is 5.75 Å². The highest BCUT2D eigenvalue weighted by atomic mass is 32.2. The van der Waals surface area contributed by atoms with E-state index >= 15 is 0 Å². The van der Waals surface area contributed by atoms with E-state index in [4.69, 9.17) is 0 Å². The van der Waals surface area contributed by atoms with E-state index in [2.05, 4.69) is 37.3 Å². The van der Waals surface area contributed by atoms with Gasteiger partial charge in [0.05, 0.1) is 0 Å². The second-order valence-electron chi connectivity index (χ2n) is 2.12. The molecule has 0 atom stereocenters. The Kier molecular flexibility index (Phi) is 8.35. The predicted octanol–water partition coefficient (Wildman–Crippen LogP) is 3.97. The molecule has 0 unspecified atom stereocenters. The zero-order valence-electron chi connectivity index (χ0n) is 8.21. The van der Waals surface area contributed by atoms with Crippen molar-refractivity contribution in [3.05, 3.63) is 35.9 Å². The Balaban J connectivity index is 0.000000561. The highest BCUT2D eigenvalue weighted by Gasteiger charge is 1.87. The summed E-state index contributed by atoms with van der Waals surface area (Å²) in [5.41, 5.74) is 1.43. The van der Waals surface area contributed by atoms with Gasteiger partial charge in [-0.15, -0.1) is 0 Å². The van der Waals surface area contributed by atoms with E-state index in [-0.39, 0.29) is 0 Å².